The summed E-state index contributed by atoms with van der Waals surface area (Å²) in [5.41, 5.74) is 0.615. The van der Waals surface area contributed by atoms with Gasteiger partial charge in [-0.3, -0.25) is 4.68 Å². The molecule has 33 heavy (non-hydrogen) atoms. The van der Waals surface area contributed by atoms with Crippen molar-refractivity contribution in [3.05, 3.63) is 41.6 Å². The van der Waals surface area contributed by atoms with Crippen LogP contribution in [0.2, 0.25) is 0 Å². The second kappa shape index (κ2) is 9.15. The number of hydrogen-bond acceptors (Lipinski definition) is 5. The summed E-state index contributed by atoms with van der Waals surface area (Å²) in [6.07, 6.45) is 0.110. The molecule has 1 N–H and O–H groups in total. The molecule has 0 bridgehead atoms. The molecule has 0 atom stereocenters. The summed E-state index contributed by atoms with van der Waals surface area (Å²) in [6.45, 7) is 6.94. The van der Waals surface area contributed by atoms with Crippen molar-refractivity contribution in [1.29, 1.82) is 0 Å². The summed E-state index contributed by atoms with van der Waals surface area (Å²) >= 11 is 0. The molecule has 3 aromatic rings. The summed E-state index contributed by atoms with van der Waals surface area (Å²) in [5.74, 6) is -1.05. The largest absolute Gasteiger partial charge is 0.472 e. The molecule has 3 heterocycles. The molecule has 0 radical (unpaired) electrons. The maximum absolute atomic E-state index is 14.3. The molecule has 1 saturated carbocycles. The first-order chi connectivity index (χ1) is 15.7. The van der Waals surface area contributed by atoms with E-state index in [1.807, 2.05) is 23.9 Å². The van der Waals surface area contributed by atoms with Gasteiger partial charge in [0.1, 0.15) is 11.9 Å². The Bertz CT molecular complexity index is 1120. The van der Waals surface area contributed by atoms with Crippen molar-refractivity contribution < 1.29 is 22.3 Å². The number of nitrogens with zero attached hydrogens (tertiary/aromatic N) is 4. The Labute approximate surface area is 189 Å². The van der Waals surface area contributed by atoms with Crippen LogP contribution in [0.25, 0.3) is 10.9 Å². The molecule has 1 aliphatic rings. The minimum atomic E-state index is -4.79. The van der Waals surface area contributed by atoms with Crippen molar-refractivity contribution in [2.24, 2.45) is 0 Å². The first kappa shape index (κ1) is 23.3. The summed E-state index contributed by atoms with van der Waals surface area (Å²) in [6, 6.07) is 2.73. The molecule has 3 aromatic heterocycles. The number of hydrogen-bond donors (Lipinski definition) is 1. The van der Waals surface area contributed by atoms with Crippen LogP contribution in [0, 0.1) is 5.82 Å². The van der Waals surface area contributed by atoms with Gasteiger partial charge in [0.2, 0.25) is 0 Å². The SMILES string of the molecule is CCNc1cc2c(cn1)c(C(C)C)nn2C1CCC(Oc2nccc(C(F)(F)F)c2F)CC1. The Hall–Kier alpha value is -2.91. The maximum atomic E-state index is 14.3. The summed E-state index contributed by atoms with van der Waals surface area (Å²) in [4.78, 5) is 8.17. The van der Waals surface area contributed by atoms with Gasteiger partial charge in [0.25, 0.3) is 5.88 Å². The Morgan fingerprint density at radius 2 is 1.91 bits per heavy atom. The van der Waals surface area contributed by atoms with Gasteiger partial charge in [-0.05, 0) is 44.6 Å². The lowest BCUT2D eigenvalue weighted by Crippen LogP contribution is -2.27. The fourth-order valence-electron chi connectivity index (χ4n) is 4.33. The fourth-order valence-corrected chi connectivity index (χ4v) is 4.33. The van der Waals surface area contributed by atoms with Crippen LogP contribution in [0.1, 0.15) is 69.7 Å². The van der Waals surface area contributed by atoms with E-state index in [-0.39, 0.29) is 12.0 Å². The molecular weight excluding hydrogens is 438 g/mol. The van der Waals surface area contributed by atoms with Crippen LogP contribution in [-0.4, -0.2) is 32.4 Å². The zero-order chi connectivity index (χ0) is 23.8. The lowest BCUT2D eigenvalue weighted by atomic mass is 9.93. The van der Waals surface area contributed by atoms with Gasteiger partial charge in [-0.25, -0.2) is 14.4 Å². The van der Waals surface area contributed by atoms with E-state index < -0.39 is 29.5 Å². The van der Waals surface area contributed by atoms with Gasteiger partial charge in [0, 0.05) is 30.4 Å². The monoisotopic (exact) mass is 465 g/mol. The van der Waals surface area contributed by atoms with Crippen LogP contribution in [0.5, 0.6) is 5.88 Å². The molecule has 1 fully saturated rings. The number of pyridine rings is 2. The summed E-state index contributed by atoms with van der Waals surface area (Å²) in [5, 5.41) is 9.13. The lowest BCUT2D eigenvalue weighted by Gasteiger charge is -2.29. The molecule has 0 amide bonds. The van der Waals surface area contributed by atoms with E-state index >= 15 is 0 Å². The van der Waals surface area contributed by atoms with E-state index in [4.69, 9.17) is 9.84 Å². The number of nitrogens with one attached hydrogen (secondary N) is 1. The van der Waals surface area contributed by atoms with E-state index in [0.29, 0.717) is 31.7 Å². The van der Waals surface area contributed by atoms with Gasteiger partial charge in [-0.2, -0.15) is 18.3 Å². The molecular formula is C23H27F4N5O. The van der Waals surface area contributed by atoms with Crippen LogP contribution in [-0.2, 0) is 6.18 Å². The molecule has 0 aliphatic heterocycles. The molecule has 178 valence electrons. The van der Waals surface area contributed by atoms with E-state index in [1.54, 1.807) is 0 Å². The third-order valence-corrected chi connectivity index (χ3v) is 5.96. The predicted molar refractivity (Wildman–Crippen MR) is 117 cm³/mol. The van der Waals surface area contributed by atoms with Crippen LogP contribution in [0.4, 0.5) is 23.4 Å². The van der Waals surface area contributed by atoms with Crippen LogP contribution < -0.4 is 10.1 Å². The maximum Gasteiger partial charge on any atom is 0.419 e. The number of anilines is 1. The van der Waals surface area contributed by atoms with Crippen molar-refractivity contribution in [1.82, 2.24) is 19.7 Å². The van der Waals surface area contributed by atoms with Gasteiger partial charge in [0.05, 0.1) is 22.8 Å². The highest BCUT2D eigenvalue weighted by Crippen LogP contribution is 2.37. The predicted octanol–water partition coefficient (Wildman–Crippen LogP) is 6.10. The summed E-state index contributed by atoms with van der Waals surface area (Å²) in [7, 11) is 0. The Balaban J connectivity index is 1.52. The number of aromatic nitrogens is 4. The Morgan fingerprint density at radius 3 is 2.55 bits per heavy atom. The number of halogens is 4. The van der Waals surface area contributed by atoms with Crippen molar-refractivity contribution in [2.75, 3.05) is 11.9 Å². The van der Waals surface area contributed by atoms with E-state index in [9.17, 15) is 17.6 Å². The summed E-state index contributed by atoms with van der Waals surface area (Å²) < 4.78 is 60.8. The minimum absolute atomic E-state index is 0.107. The van der Waals surface area contributed by atoms with Crippen molar-refractivity contribution >= 4 is 16.7 Å². The highest BCUT2D eigenvalue weighted by Gasteiger charge is 2.36. The molecule has 4 rings (SSSR count). The highest BCUT2D eigenvalue weighted by molar-refractivity contribution is 5.84. The first-order valence-corrected chi connectivity index (χ1v) is 11.2. The number of ether oxygens (including phenoxy) is 1. The second-order valence-electron chi connectivity index (χ2n) is 8.63. The van der Waals surface area contributed by atoms with Gasteiger partial charge < -0.3 is 10.1 Å². The van der Waals surface area contributed by atoms with Gasteiger partial charge in [-0.15, -0.1) is 0 Å². The molecule has 0 aromatic carbocycles. The zero-order valence-electron chi connectivity index (χ0n) is 18.8. The highest BCUT2D eigenvalue weighted by atomic mass is 19.4. The quantitative estimate of drug-likeness (QED) is 0.446. The topological polar surface area (TPSA) is 64.9 Å². The average molecular weight is 465 g/mol. The smallest absolute Gasteiger partial charge is 0.419 e. The minimum Gasteiger partial charge on any atom is -0.472 e. The third kappa shape index (κ3) is 4.74. The molecule has 1 aliphatic carbocycles. The molecule has 0 saturated heterocycles. The molecule has 6 nitrogen and oxygen atoms in total. The molecule has 10 heteroatoms. The van der Waals surface area contributed by atoms with Gasteiger partial charge in [-0.1, -0.05) is 13.8 Å². The Kier molecular flexibility index (Phi) is 6.45. The van der Waals surface area contributed by atoms with Crippen molar-refractivity contribution in [2.45, 2.75) is 70.7 Å². The first-order valence-electron chi connectivity index (χ1n) is 11.2. The lowest BCUT2D eigenvalue weighted by molar-refractivity contribution is -0.140. The van der Waals surface area contributed by atoms with Gasteiger partial charge >= 0.3 is 6.18 Å². The molecule has 0 unspecified atom stereocenters. The van der Waals surface area contributed by atoms with E-state index in [1.165, 1.54) is 0 Å². The number of alkyl halides is 3. The van der Waals surface area contributed by atoms with Crippen molar-refractivity contribution in [3.8, 4) is 5.88 Å². The van der Waals surface area contributed by atoms with E-state index in [2.05, 4.69) is 29.1 Å². The van der Waals surface area contributed by atoms with E-state index in [0.717, 1.165) is 35.2 Å². The Morgan fingerprint density at radius 1 is 1.18 bits per heavy atom. The van der Waals surface area contributed by atoms with Gasteiger partial charge in [0.15, 0.2) is 5.82 Å². The average Bonchev–Trinajstić information content (AvgIpc) is 3.14. The second-order valence-corrected chi connectivity index (χ2v) is 8.63. The van der Waals surface area contributed by atoms with Crippen LogP contribution in [0.3, 0.4) is 0 Å². The number of rotatable bonds is 6. The zero-order valence-corrected chi connectivity index (χ0v) is 18.8. The molecule has 0 spiro atoms. The van der Waals surface area contributed by atoms with Crippen LogP contribution >= 0.6 is 0 Å². The third-order valence-electron chi connectivity index (χ3n) is 5.96. The fraction of sp³-hybridized carbons (Fsp3) is 0.522. The standard InChI is InChI=1S/C23H27F4N5O/c1-4-28-19-11-18-16(12-30-19)21(13(2)3)31-32(18)14-5-7-15(8-6-14)33-22-20(24)17(9-10-29-22)23(25,26)27/h9-15H,4-8H2,1-3H3,(H,28,30). The number of fused-ring (bicyclic) bond motifs is 1. The van der Waals surface area contributed by atoms with Crippen LogP contribution in [0.15, 0.2) is 24.5 Å². The normalized spacial score (nSPS) is 19.3. The van der Waals surface area contributed by atoms with Crippen molar-refractivity contribution in [3.63, 3.8) is 0 Å².